The van der Waals surface area contributed by atoms with Crippen LogP contribution in [0.15, 0.2) is 0 Å². The third-order valence-corrected chi connectivity index (χ3v) is 0.659. The fraction of sp³-hybridized carbons (Fsp3) is 0.600. The number of hydrogen-bond acceptors (Lipinski definition) is 3. The molecule has 0 aromatic rings. The molecule has 1 N–H and O–H groups in total. The van der Waals surface area contributed by atoms with Crippen LogP contribution in [-0.4, -0.2) is 17.2 Å². The van der Waals surface area contributed by atoms with Gasteiger partial charge in [0.25, 0.3) is 0 Å². The van der Waals surface area contributed by atoms with Gasteiger partial charge in [0, 0.05) is 0 Å². The summed E-state index contributed by atoms with van der Waals surface area (Å²) in [6.07, 6.45) is -1.55. The summed E-state index contributed by atoms with van der Waals surface area (Å²) < 4.78 is 3.79. The SMILES string of the molecule is CC(C)C(=O)OC(=O)O. The summed E-state index contributed by atoms with van der Waals surface area (Å²) in [7, 11) is 0. The maximum atomic E-state index is 10.4. The maximum Gasteiger partial charge on any atom is 0.513 e. The van der Waals surface area contributed by atoms with Crippen LogP contribution >= 0.6 is 0 Å². The van der Waals surface area contributed by atoms with E-state index in [1.165, 1.54) is 0 Å². The predicted molar refractivity (Wildman–Crippen MR) is 29.0 cm³/mol. The highest BCUT2D eigenvalue weighted by atomic mass is 16.7. The zero-order valence-electron chi connectivity index (χ0n) is 5.25. The molecule has 9 heavy (non-hydrogen) atoms. The van der Waals surface area contributed by atoms with E-state index in [2.05, 4.69) is 4.74 Å². The Balaban J connectivity index is 3.64. The summed E-state index contributed by atoms with van der Waals surface area (Å²) in [4.78, 5) is 20.0. The summed E-state index contributed by atoms with van der Waals surface area (Å²) in [5.41, 5.74) is 0. The fourth-order valence-corrected chi connectivity index (χ4v) is 0.204. The van der Waals surface area contributed by atoms with Crippen LogP contribution in [0.1, 0.15) is 13.8 Å². The Morgan fingerprint density at radius 1 is 1.44 bits per heavy atom. The van der Waals surface area contributed by atoms with Crippen LogP contribution in [0.5, 0.6) is 0 Å². The minimum atomic E-state index is -1.55. The largest absolute Gasteiger partial charge is 0.513 e. The highest BCUT2D eigenvalue weighted by Crippen LogP contribution is 1.94. The second-order valence-corrected chi connectivity index (χ2v) is 1.84. The molecule has 0 unspecified atom stereocenters. The van der Waals surface area contributed by atoms with Gasteiger partial charge >= 0.3 is 12.1 Å². The van der Waals surface area contributed by atoms with Crippen LogP contribution in [0, 0.1) is 5.92 Å². The highest BCUT2D eigenvalue weighted by molar-refractivity contribution is 5.82. The van der Waals surface area contributed by atoms with Crippen molar-refractivity contribution in [3.63, 3.8) is 0 Å². The number of carbonyl (C=O) groups excluding carboxylic acids is 1. The van der Waals surface area contributed by atoms with Crippen LogP contribution in [0.2, 0.25) is 0 Å². The maximum absolute atomic E-state index is 10.4. The minimum absolute atomic E-state index is 0.388. The van der Waals surface area contributed by atoms with Gasteiger partial charge in [-0.3, -0.25) is 4.79 Å². The van der Waals surface area contributed by atoms with E-state index in [-0.39, 0.29) is 5.92 Å². The van der Waals surface area contributed by atoms with Crippen molar-refractivity contribution < 1.29 is 19.4 Å². The average molecular weight is 132 g/mol. The number of ether oxygens (including phenoxy) is 1. The van der Waals surface area contributed by atoms with E-state index in [1.54, 1.807) is 13.8 Å². The molecule has 0 saturated heterocycles. The van der Waals surface area contributed by atoms with Gasteiger partial charge in [-0.1, -0.05) is 13.8 Å². The Morgan fingerprint density at radius 3 is 2.00 bits per heavy atom. The third kappa shape index (κ3) is 3.52. The quantitative estimate of drug-likeness (QED) is 0.424. The summed E-state index contributed by atoms with van der Waals surface area (Å²) in [6.45, 7) is 3.12. The zero-order chi connectivity index (χ0) is 7.44. The lowest BCUT2D eigenvalue weighted by Crippen LogP contribution is -2.15. The minimum Gasteiger partial charge on any atom is -0.449 e. The van der Waals surface area contributed by atoms with Crippen LogP contribution in [0.25, 0.3) is 0 Å². The molecule has 0 rings (SSSR count). The van der Waals surface area contributed by atoms with Gasteiger partial charge in [-0.15, -0.1) is 0 Å². The standard InChI is InChI=1S/C5H8O4/c1-3(2)4(6)9-5(7)8/h3H,1-2H3,(H,7,8). The summed E-state index contributed by atoms with van der Waals surface area (Å²) in [6, 6.07) is 0. The van der Waals surface area contributed by atoms with Gasteiger partial charge < -0.3 is 9.84 Å². The molecule has 0 radical (unpaired) electrons. The molecule has 0 atom stereocenters. The Hall–Kier alpha value is -1.06. The first kappa shape index (κ1) is 7.94. The molecular weight excluding hydrogens is 124 g/mol. The average Bonchev–Trinajstić information content (AvgIpc) is 1.63. The van der Waals surface area contributed by atoms with Crippen LogP contribution in [0.4, 0.5) is 4.79 Å². The second-order valence-electron chi connectivity index (χ2n) is 1.84. The molecule has 0 aliphatic heterocycles. The van der Waals surface area contributed by atoms with Crippen LogP contribution in [-0.2, 0) is 9.53 Å². The molecule has 0 aromatic carbocycles. The molecule has 0 fully saturated rings. The summed E-state index contributed by atoms with van der Waals surface area (Å²) in [5, 5.41) is 7.89. The van der Waals surface area contributed by atoms with E-state index >= 15 is 0 Å². The lowest BCUT2D eigenvalue weighted by atomic mass is 10.2. The van der Waals surface area contributed by atoms with Crippen molar-refractivity contribution in [1.29, 1.82) is 0 Å². The van der Waals surface area contributed by atoms with Crippen molar-refractivity contribution in [2.75, 3.05) is 0 Å². The molecule has 52 valence electrons. The van der Waals surface area contributed by atoms with Crippen molar-refractivity contribution in [3.05, 3.63) is 0 Å². The summed E-state index contributed by atoms with van der Waals surface area (Å²) >= 11 is 0. The third-order valence-electron chi connectivity index (χ3n) is 0.659. The van der Waals surface area contributed by atoms with Crippen molar-refractivity contribution in [3.8, 4) is 0 Å². The molecule has 0 aliphatic carbocycles. The first-order valence-corrected chi connectivity index (χ1v) is 2.48. The number of carboxylic acid groups (broad SMARTS) is 1. The van der Waals surface area contributed by atoms with E-state index < -0.39 is 12.1 Å². The smallest absolute Gasteiger partial charge is 0.449 e. The Labute approximate surface area is 52.4 Å². The molecule has 0 spiro atoms. The van der Waals surface area contributed by atoms with Gasteiger partial charge in [0.1, 0.15) is 0 Å². The van der Waals surface area contributed by atoms with E-state index in [4.69, 9.17) is 5.11 Å². The predicted octanol–water partition coefficient (Wildman–Crippen LogP) is 0.864. The van der Waals surface area contributed by atoms with Gasteiger partial charge in [0.15, 0.2) is 0 Å². The van der Waals surface area contributed by atoms with E-state index in [1.807, 2.05) is 0 Å². The molecule has 0 heterocycles. The number of esters is 1. The van der Waals surface area contributed by atoms with Crippen LogP contribution in [0.3, 0.4) is 0 Å². The van der Waals surface area contributed by atoms with Gasteiger partial charge in [-0.2, -0.15) is 0 Å². The van der Waals surface area contributed by atoms with Crippen molar-refractivity contribution in [2.45, 2.75) is 13.8 Å². The first-order chi connectivity index (χ1) is 4.04. The lowest BCUT2D eigenvalue weighted by Gasteiger charge is -1.98. The highest BCUT2D eigenvalue weighted by Gasteiger charge is 2.11. The molecule has 0 aliphatic rings. The molecule has 0 bridgehead atoms. The van der Waals surface area contributed by atoms with Crippen molar-refractivity contribution >= 4 is 12.1 Å². The Morgan fingerprint density at radius 2 is 1.89 bits per heavy atom. The van der Waals surface area contributed by atoms with Gasteiger partial charge in [0.2, 0.25) is 0 Å². The summed E-state index contributed by atoms with van der Waals surface area (Å²) in [5.74, 6) is -1.11. The van der Waals surface area contributed by atoms with Crippen LogP contribution < -0.4 is 0 Å². The Bertz CT molecular complexity index is 127. The fourth-order valence-electron chi connectivity index (χ4n) is 0.204. The zero-order valence-corrected chi connectivity index (χ0v) is 5.25. The molecule has 4 heteroatoms. The molecule has 0 amide bonds. The van der Waals surface area contributed by atoms with Crippen molar-refractivity contribution in [1.82, 2.24) is 0 Å². The topological polar surface area (TPSA) is 63.6 Å². The number of hydrogen-bond donors (Lipinski definition) is 1. The van der Waals surface area contributed by atoms with E-state index in [0.29, 0.717) is 0 Å². The normalized spacial score (nSPS) is 9.22. The first-order valence-electron chi connectivity index (χ1n) is 2.48. The molecule has 0 saturated carbocycles. The van der Waals surface area contributed by atoms with Gasteiger partial charge in [-0.25, -0.2) is 4.79 Å². The van der Waals surface area contributed by atoms with Gasteiger partial charge in [-0.05, 0) is 0 Å². The number of carbonyl (C=O) groups is 2. The monoisotopic (exact) mass is 132 g/mol. The number of rotatable bonds is 1. The second kappa shape index (κ2) is 3.06. The van der Waals surface area contributed by atoms with Crippen molar-refractivity contribution in [2.24, 2.45) is 5.92 Å². The molecular formula is C5H8O4. The molecule has 0 aromatic heterocycles. The Kier molecular flexibility index (Phi) is 2.70. The van der Waals surface area contributed by atoms with E-state index in [9.17, 15) is 9.59 Å². The van der Waals surface area contributed by atoms with Gasteiger partial charge in [0.05, 0.1) is 5.92 Å². The molecule has 4 nitrogen and oxygen atoms in total. The lowest BCUT2D eigenvalue weighted by molar-refractivity contribution is -0.142. The van der Waals surface area contributed by atoms with E-state index in [0.717, 1.165) is 0 Å².